The Hall–Kier alpha value is -1.52. The SMILES string of the molecule is CC.CCN=C([S-])N/N=C(/C=N/NC([S-])=NCC)c1ccc(CN2C(C)(C)CCCC2(C)C)o1.[Cu+2]. The third kappa shape index (κ3) is 11.0. The molecule has 1 aromatic heterocycles. The molecule has 35 heavy (non-hydrogen) atoms. The molecule has 0 aliphatic carbocycles. The fourth-order valence-electron chi connectivity index (χ4n) is 3.99. The van der Waals surface area contributed by atoms with Crippen LogP contribution in [-0.2, 0) is 48.9 Å². The molecule has 0 spiro atoms. The number of piperidine rings is 1. The van der Waals surface area contributed by atoms with Gasteiger partial charge in [0.1, 0.15) is 11.5 Å². The first kappa shape index (κ1) is 33.5. The van der Waals surface area contributed by atoms with Gasteiger partial charge in [0.2, 0.25) is 0 Å². The molecule has 1 aliphatic heterocycles. The predicted molar refractivity (Wildman–Crippen MR) is 150 cm³/mol. The van der Waals surface area contributed by atoms with Gasteiger partial charge in [-0.15, -0.1) is 0 Å². The van der Waals surface area contributed by atoms with Gasteiger partial charge in [-0.25, -0.2) is 0 Å². The number of furan rings is 1. The van der Waals surface area contributed by atoms with Gasteiger partial charge >= 0.3 is 17.1 Å². The number of likely N-dealkylation sites (tertiary alicyclic amines) is 1. The van der Waals surface area contributed by atoms with Gasteiger partial charge in [0.05, 0.1) is 12.8 Å². The van der Waals surface area contributed by atoms with E-state index < -0.39 is 0 Å². The first-order valence-corrected chi connectivity index (χ1v) is 12.8. The van der Waals surface area contributed by atoms with Gasteiger partial charge in [-0.1, -0.05) is 13.8 Å². The van der Waals surface area contributed by atoms with Crippen LogP contribution >= 0.6 is 0 Å². The average Bonchev–Trinajstić information content (AvgIpc) is 3.23. The maximum Gasteiger partial charge on any atom is 2.00 e. The van der Waals surface area contributed by atoms with E-state index in [2.05, 4.69) is 63.6 Å². The smallest absolute Gasteiger partial charge is 0.741 e. The molecule has 1 saturated heterocycles. The van der Waals surface area contributed by atoms with Crippen molar-refractivity contribution < 1.29 is 21.5 Å². The summed E-state index contributed by atoms with van der Waals surface area (Å²) in [6.45, 7) is 18.9. The van der Waals surface area contributed by atoms with Crippen molar-refractivity contribution in [2.24, 2.45) is 20.2 Å². The van der Waals surface area contributed by atoms with Gasteiger partial charge in [0.25, 0.3) is 0 Å². The van der Waals surface area contributed by atoms with Crippen molar-refractivity contribution in [2.75, 3.05) is 13.1 Å². The molecular weight excluding hydrogens is 530 g/mol. The Morgan fingerprint density at radius 2 is 1.54 bits per heavy atom. The molecule has 8 nitrogen and oxygen atoms in total. The van der Waals surface area contributed by atoms with Crippen molar-refractivity contribution in [1.29, 1.82) is 0 Å². The van der Waals surface area contributed by atoms with Gasteiger partial charge in [0.15, 0.2) is 5.76 Å². The van der Waals surface area contributed by atoms with E-state index in [1.165, 1.54) is 25.5 Å². The number of hydrogen-bond donors (Lipinski definition) is 2. The van der Waals surface area contributed by atoms with E-state index in [1.54, 1.807) is 0 Å². The van der Waals surface area contributed by atoms with Crippen molar-refractivity contribution in [1.82, 2.24) is 15.8 Å². The molecule has 0 bridgehead atoms. The van der Waals surface area contributed by atoms with Crippen LogP contribution in [0, 0.1) is 0 Å². The standard InChI is InChI=1S/C22H37N7OS2.C2H6.Cu/c1-7-23-19(31)27-25-14-17(26-28-20(32)24-8-2)18-11-10-16(30-18)15-29-21(3,4)12-9-13-22(29,5)6;1-2;/h10-11,14H,7-9,12-13,15H2,1-6H3,(H2,23,27,31)(H2,24,28,32);1-2H3;/q;;+2/p-2/b25-14+,26-17-;;. The minimum Gasteiger partial charge on any atom is -0.741 e. The fraction of sp³-hybridized carbons (Fsp3) is 0.667. The van der Waals surface area contributed by atoms with Crippen LogP contribution in [0.1, 0.15) is 86.2 Å². The minimum absolute atomic E-state index is 0. The molecule has 0 aromatic carbocycles. The Morgan fingerprint density at radius 3 is 2.09 bits per heavy atom. The van der Waals surface area contributed by atoms with Crippen molar-refractivity contribution in [2.45, 2.75) is 92.3 Å². The van der Waals surface area contributed by atoms with Crippen LogP contribution in [0.5, 0.6) is 0 Å². The third-order valence-electron chi connectivity index (χ3n) is 5.49. The summed E-state index contributed by atoms with van der Waals surface area (Å²) in [6, 6.07) is 3.87. The van der Waals surface area contributed by atoms with Gasteiger partial charge < -0.3 is 29.7 Å². The summed E-state index contributed by atoms with van der Waals surface area (Å²) < 4.78 is 6.17. The zero-order valence-electron chi connectivity index (χ0n) is 22.2. The summed E-state index contributed by atoms with van der Waals surface area (Å²) in [4.78, 5) is 10.7. The topological polar surface area (TPSA) is 89.9 Å². The molecule has 0 saturated carbocycles. The summed E-state index contributed by atoms with van der Waals surface area (Å²) in [7, 11) is 0. The third-order valence-corrected chi connectivity index (χ3v) is 5.93. The van der Waals surface area contributed by atoms with Crippen molar-refractivity contribution >= 4 is 47.5 Å². The molecule has 0 atom stereocenters. The first-order chi connectivity index (χ1) is 16.1. The van der Waals surface area contributed by atoms with Crippen molar-refractivity contribution in [3.05, 3.63) is 23.7 Å². The van der Waals surface area contributed by atoms with E-state index in [-0.39, 0.29) is 28.1 Å². The molecule has 201 valence electrons. The number of nitrogens with one attached hydrogen (secondary N) is 2. The van der Waals surface area contributed by atoms with Crippen LogP contribution in [0.4, 0.5) is 0 Å². The maximum absolute atomic E-state index is 6.17. The van der Waals surface area contributed by atoms with E-state index in [0.29, 0.717) is 34.9 Å². The summed E-state index contributed by atoms with van der Waals surface area (Å²) in [5.41, 5.74) is 6.15. The van der Waals surface area contributed by atoms with E-state index in [4.69, 9.17) is 29.7 Å². The second-order valence-corrected chi connectivity index (χ2v) is 9.64. The van der Waals surface area contributed by atoms with Gasteiger partial charge in [-0.2, -0.15) is 10.2 Å². The normalized spacial score (nSPS) is 18.5. The van der Waals surface area contributed by atoms with Gasteiger partial charge in [-0.3, -0.25) is 25.7 Å². The quantitative estimate of drug-likeness (QED) is 0.156. The van der Waals surface area contributed by atoms with Crippen LogP contribution in [0.15, 0.2) is 36.7 Å². The Bertz CT molecular complexity index is 863. The Balaban J connectivity index is 0.00000375. The van der Waals surface area contributed by atoms with Crippen molar-refractivity contribution in [3.8, 4) is 0 Å². The van der Waals surface area contributed by atoms with Crippen LogP contribution in [0.2, 0.25) is 0 Å². The van der Waals surface area contributed by atoms with Crippen LogP contribution < -0.4 is 10.9 Å². The second-order valence-electron chi connectivity index (χ2n) is 8.87. The molecule has 2 N–H and O–H groups in total. The van der Waals surface area contributed by atoms with Gasteiger partial charge in [-0.05, 0) is 83.3 Å². The number of aliphatic imine (C=N–C) groups is 2. The van der Waals surface area contributed by atoms with E-state index in [1.807, 2.05) is 39.8 Å². The molecule has 0 unspecified atom stereocenters. The predicted octanol–water partition coefficient (Wildman–Crippen LogP) is 4.56. The summed E-state index contributed by atoms with van der Waals surface area (Å²) >= 11 is 10.2. The molecule has 2 heterocycles. The Labute approximate surface area is 233 Å². The molecule has 11 heteroatoms. The largest absolute Gasteiger partial charge is 2.00 e. The van der Waals surface area contributed by atoms with E-state index >= 15 is 0 Å². The van der Waals surface area contributed by atoms with Crippen LogP contribution in [0.3, 0.4) is 0 Å². The number of hydrazone groups is 2. The molecular formula is C24H41CuN7OS2. The zero-order chi connectivity index (χ0) is 25.8. The van der Waals surface area contributed by atoms with E-state index in [9.17, 15) is 0 Å². The summed E-state index contributed by atoms with van der Waals surface area (Å²) in [5.74, 6) is 1.44. The fourth-order valence-corrected chi connectivity index (χ4v) is 4.35. The molecule has 1 fully saturated rings. The number of nitrogens with zero attached hydrogens (tertiary/aromatic N) is 5. The van der Waals surface area contributed by atoms with Crippen molar-refractivity contribution in [3.63, 3.8) is 0 Å². The Kier molecular flexibility index (Phi) is 15.6. The number of hydrogen-bond acceptors (Lipinski definition) is 8. The van der Waals surface area contributed by atoms with Crippen LogP contribution in [0.25, 0.3) is 0 Å². The molecule has 1 radical (unpaired) electrons. The van der Waals surface area contributed by atoms with Crippen LogP contribution in [-0.4, -0.2) is 51.3 Å². The maximum atomic E-state index is 6.17. The van der Waals surface area contributed by atoms with Gasteiger partial charge in [0, 0.05) is 24.2 Å². The molecule has 1 aromatic rings. The minimum atomic E-state index is 0. The average molecular weight is 571 g/mol. The monoisotopic (exact) mass is 570 g/mol. The molecule has 0 amide bonds. The molecule has 1 aliphatic rings. The zero-order valence-corrected chi connectivity index (χ0v) is 24.8. The second kappa shape index (κ2) is 16.3. The van der Waals surface area contributed by atoms with E-state index in [0.717, 1.165) is 12.3 Å². The Morgan fingerprint density at radius 1 is 1.00 bits per heavy atom. The summed E-state index contributed by atoms with van der Waals surface area (Å²) in [5, 5.41) is 9.08. The number of amidine groups is 2. The molecule has 2 rings (SSSR count). The number of rotatable bonds is 8. The first-order valence-electron chi connectivity index (χ1n) is 12.0. The summed E-state index contributed by atoms with van der Waals surface area (Å²) in [6.07, 6.45) is 5.09.